The molecule has 0 fully saturated rings. The van der Waals surface area contributed by atoms with Crippen LogP contribution in [0.25, 0.3) is 11.1 Å². The van der Waals surface area contributed by atoms with Gasteiger partial charge in [0.1, 0.15) is 12.6 Å². The van der Waals surface area contributed by atoms with Gasteiger partial charge in [0.25, 0.3) is 0 Å². The largest absolute Gasteiger partial charge is 0.480 e. The molecule has 2 aromatic carbocycles. The maximum absolute atomic E-state index is 12.4. The summed E-state index contributed by atoms with van der Waals surface area (Å²) in [6, 6.07) is 15.4. The van der Waals surface area contributed by atoms with Crippen molar-refractivity contribution in [2.24, 2.45) is 5.41 Å². The molecule has 7 heteroatoms. The van der Waals surface area contributed by atoms with Gasteiger partial charge in [-0.1, -0.05) is 68.5 Å². The lowest BCUT2D eigenvalue weighted by atomic mass is 9.84. The van der Waals surface area contributed by atoms with Gasteiger partial charge in [-0.05, 0) is 46.9 Å². The van der Waals surface area contributed by atoms with Crippen LogP contribution in [0.4, 0.5) is 4.79 Å². The fourth-order valence-electron chi connectivity index (χ4n) is 4.38. The molecule has 7 nitrogen and oxygen atoms in total. The maximum atomic E-state index is 12.4. The highest BCUT2D eigenvalue weighted by atomic mass is 16.5. The summed E-state index contributed by atoms with van der Waals surface area (Å²) in [5, 5.41) is 14.5. The summed E-state index contributed by atoms with van der Waals surface area (Å²) < 4.78 is 5.56. The Balaban J connectivity index is 1.42. The molecular weight excluding hydrogens is 444 g/mol. The van der Waals surface area contributed by atoms with Crippen LogP contribution < -0.4 is 10.6 Å². The molecule has 0 radical (unpaired) electrons. The first-order chi connectivity index (χ1) is 16.7. The van der Waals surface area contributed by atoms with E-state index >= 15 is 0 Å². The predicted octanol–water partition coefficient (Wildman–Crippen LogP) is 4.87. The zero-order chi connectivity index (χ0) is 25.4. The van der Waals surface area contributed by atoms with Crippen molar-refractivity contribution in [3.8, 4) is 11.1 Å². The lowest BCUT2D eigenvalue weighted by Crippen LogP contribution is -2.40. The number of ether oxygens (including phenoxy) is 1. The number of hydrogen-bond donors (Lipinski definition) is 3. The van der Waals surface area contributed by atoms with Gasteiger partial charge in [0.2, 0.25) is 5.91 Å². The summed E-state index contributed by atoms with van der Waals surface area (Å²) in [5.74, 6) is -1.37. The van der Waals surface area contributed by atoms with E-state index < -0.39 is 18.1 Å². The topological polar surface area (TPSA) is 105 Å². The average Bonchev–Trinajstić information content (AvgIpc) is 3.15. The Hall–Kier alpha value is -3.61. The number of carbonyl (C=O) groups excluding carboxylic acids is 2. The van der Waals surface area contributed by atoms with Crippen LogP contribution in [0, 0.1) is 5.41 Å². The van der Waals surface area contributed by atoms with Crippen molar-refractivity contribution < 1.29 is 24.2 Å². The lowest BCUT2D eigenvalue weighted by Gasteiger charge is -2.25. The van der Waals surface area contributed by atoms with Crippen LogP contribution in [0.1, 0.15) is 56.6 Å². The number of benzene rings is 2. The van der Waals surface area contributed by atoms with Gasteiger partial charge in [0, 0.05) is 18.9 Å². The predicted molar refractivity (Wildman–Crippen MR) is 135 cm³/mol. The van der Waals surface area contributed by atoms with E-state index in [-0.39, 0.29) is 36.7 Å². The van der Waals surface area contributed by atoms with Crippen molar-refractivity contribution in [3.63, 3.8) is 0 Å². The van der Waals surface area contributed by atoms with Crippen molar-refractivity contribution >= 4 is 18.0 Å². The first kappa shape index (κ1) is 26.0. The molecule has 186 valence electrons. The van der Waals surface area contributed by atoms with Gasteiger partial charge in [0.15, 0.2) is 0 Å². The van der Waals surface area contributed by atoms with Crippen molar-refractivity contribution in [2.75, 3.05) is 13.2 Å². The van der Waals surface area contributed by atoms with Crippen LogP contribution in [0.5, 0.6) is 0 Å². The van der Waals surface area contributed by atoms with Gasteiger partial charge >= 0.3 is 12.1 Å². The summed E-state index contributed by atoms with van der Waals surface area (Å²) in [6.45, 7) is 8.22. The second kappa shape index (κ2) is 11.7. The van der Waals surface area contributed by atoms with E-state index in [0.717, 1.165) is 0 Å². The number of hydrogen-bond acceptors (Lipinski definition) is 4. The average molecular weight is 479 g/mol. The molecule has 2 aromatic rings. The van der Waals surface area contributed by atoms with E-state index in [1.54, 1.807) is 0 Å². The number of rotatable bonds is 12. The molecule has 1 aliphatic carbocycles. The molecule has 3 rings (SSSR count). The molecule has 0 saturated carbocycles. The quantitative estimate of drug-likeness (QED) is 0.378. The Labute approximate surface area is 206 Å². The third-order valence-corrected chi connectivity index (χ3v) is 6.48. The molecule has 0 spiro atoms. The Morgan fingerprint density at radius 2 is 1.66 bits per heavy atom. The fraction of sp³-hybridized carbons (Fsp3) is 0.393. The van der Waals surface area contributed by atoms with Gasteiger partial charge in [-0.15, -0.1) is 6.58 Å². The Morgan fingerprint density at radius 1 is 1.06 bits per heavy atom. The van der Waals surface area contributed by atoms with Gasteiger partial charge in [-0.25, -0.2) is 9.59 Å². The van der Waals surface area contributed by atoms with Crippen molar-refractivity contribution in [3.05, 3.63) is 72.3 Å². The molecule has 1 unspecified atom stereocenters. The standard InChI is InChI=1S/C28H34N2O5/c1-4-9-24(26(32)33)30-25(31)14-15-28(2,3)16-17-29-27(34)35-18-23-21-12-7-5-10-19(21)20-11-6-8-13-22(20)23/h4-8,10-13,23-24H,1,9,14-18H2,2-3H3,(H,29,34)(H,30,31)(H,32,33). The number of carboxylic acid groups (broad SMARTS) is 1. The van der Waals surface area contributed by atoms with E-state index in [1.807, 2.05) is 38.1 Å². The molecule has 0 bridgehead atoms. The summed E-state index contributed by atoms with van der Waals surface area (Å²) in [4.78, 5) is 35.7. The second-order valence-corrected chi connectivity index (χ2v) is 9.65. The van der Waals surface area contributed by atoms with Crippen LogP contribution >= 0.6 is 0 Å². The minimum Gasteiger partial charge on any atom is -0.480 e. The van der Waals surface area contributed by atoms with Gasteiger partial charge < -0.3 is 20.5 Å². The third-order valence-electron chi connectivity index (χ3n) is 6.48. The zero-order valence-corrected chi connectivity index (χ0v) is 20.4. The van der Waals surface area contributed by atoms with E-state index in [2.05, 4.69) is 41.5 Å². The van der Waals surface area contributed by atoms with E-state index in [4.69, 9.17) is 9.84 Å². The minimum absolute atomic E-state index is 0.0128. The molecule has 0 aromatic heterocycles. The minimum atomic E-state index is -1.08. The van der Waals surface area contributed by atoms with Crippen LogP contribution in [0.2, 0.25) is 0 Å². The maximum Gasteiger partial charge on any atom is 0.407 e. The number of fused-ring (bicyclic) bond motifs is 3. The van der Waals surface area contributed by atoms with Gasteiger partial charge in [-0.3, -0.25) is 4.79 Å². The number of alkyl carbamates (subject to hydrolysis) is 1. The number of aliphatic carboxylic acids is 1. The highest BCUT2D eigenvalue weighted by Gasteiger charge is 2.29. The molecule has 0 heterocycles. The van der Waals surface area contributed by atoms with E-state index in [1.165, 1.54) is 28.3 Å². The summed E-state index contributed by atoms with van der Waals surface area (Å²) in [5.41, 5.74) is 4.48. The zero-order valence-electron chi connectivity index (χ0n) is 20.4. The smallest absolute Gasteiger partial charge is 0.407 e. The molecule has 1 atom stereocenters. The third kappa shape index (κ3) is 6.94. The molecule has 35 heavy (non-hydrogen) atoms. The van der Waals surface area contributed by atoms with Gasteiger partial charge in [-0.2, -0.15) is 0 Å². The SMILES string of the molecule is C=CCC(NC(=O)CCC(C)(C)CCNC(=O)OCC1c2ccccc2-c2ccccc21)C(=O)O. The molecule has 0 saturated heterocycles. The van der Waals surface area contributed by atoms with Crippen LogP contribution in [-0.4, -0.2) is 42.3 Å². The summed E-state index contributed by atoms with van der Waals surface area (Å²) in [7, 11) is 0. The lowest BCUT2D eigenvalue weighted by molar-refractivity contribution is -0.141. The molecule has 0 aliphatic heterocycles. The molecule has 3 N–H and O–H groups in total. The number of carbonyl (C=O) groups is 3. The Morgan fingerprint density at radius 3 is 2.23 bits per heavy atom. The monoisotopic (exact) mass is 478 g/mol. The fourth-order valence-corrected chi connectivity index (χ4v) is 4.38. The van der Waals surface area contributed by atoms with Crippen LogP contribution in [0.3, 0.4) is 0 Å². The number of carboxylic acids is 1. The summed E-state index contributed by atoms with van der Waals surface area (Å²) in [6.07, 6.45) is 2.60. The first-order valence-electron chi connectivity index (χ1n) is 11.9. The highest BCUT2D eigenvalue weighted by molar-refractivity contribution is 5.83. The molecule has 2 amide bonds. The van der Waals surface area contributed by atoms with E-state index in [9.17, 15) is 14.4 Å². The highest BCUT2D eigenvalue weighted by Crippen LogP contribution is 2.44. The van der Waals surface area contributed by atoms with Crippen molar-refractivity contribution in [1.82, 2.24) is 10.6 Å². The first-order valence-corrected chi connectivity index (χ1v) is 11.9. The van der Waals surface area contributed by atoms with Crippen molar-refractivity contribution in [2.45, 2.75) is 51.5 Å². The second-order valence-electron chi connectivity index (χ2n) is 9.65. The van der Waals surface area contributed by atoms with Crippen molar-refractivity contribution in [1.29, 1.82) is 0 Å². The molecule has 1 aliphatic rings. The van der Waals surface area contributed by atoms with Crippen LogP contribution in [0.15, 0.2) is 61.2 Å². The number of amides is 2. The Kier molecular flexibility index (Phi) is 8.68. The van der Waals surface area contributed by atoms with Gasteiger partial charge in [0.05, 0.1) is 0 Å². The summed E-state index contributed by atoms with van der Waals surface area (Å²) >= 11 is 0. The Bertz CT molecular complexity index is 1030. The number of nitrogens with one attached hydrogen (secondary N) is 2. The van der Waals surface area contributed by atoms with E-state index in [0.29, 0.717) is 19.4 Å². The van der Waals surface area contributed by atoms with Crippen LogP contribution in [-0.2, 0) is 14.3 Å². The molecular formula is C28H34N2O5. The normalized spacial score (nSPS) is 13.3.